The van der Waals surface area contributed by atoms with E-state index in [-0.39, 0.29) is 22.7 Å². The van der Waals surface area contributed by atoms with Gasteiger partial charge in [-0.3, -0.25) is 4.79 Å². The first-order valence-corrected chi connectivity index (χ1v) is 7.62. The van der Waals surface area contributed by atoms with E-state index in [4.69, 9.17) is 0 Å². The van der Waals surface area contributed by atoms with Crippen molar-refractivity contribution in [1.82, 2.24) is 5.01 Å². The van der Waals surface area contributed by atoms with Gasteiger partial charge in [0.15, 0.2) is 0 Å². The van der Waals surface area contributed by atoms with E-state index in [1.54, 1.807) is 18.2 Å². The molecule has 7 heteroatoms. The minimum Gasteiger partial charge on any atom is -0.362 e. The molecule has 2 atom stereocenters. The number of rotatable bonds is 1. The summed E-state index contributed by atoms with van der Waals surface area (Å²) in [5.41, 5.74) is -2.93. The van der Waals surface area contributed by atoms with Gasteiger partial charge in [-0.2, -0.15) is 23.3 Å². The van der Waals surface area contributed by atoms with Crippen molar-refractivity contribution in [2.75, 3.05) is 0 Å². The first-order chi connectivity index (χ1) is 10.9. The minimum atomic E-state index is -4.97. The Morgan fingerprint density at radius 2 is 1.91 bits per heavy atom. The number of fused-ring (bicyclic) bond motifs is 1. The van der Waals surface area contributed by atoms with Crippen molar-refractivity contribution in [1.29, 1.82) is 0 Å². The molecule has 1 N–H and O–H groups in total. The molecular weight excluding hydrogens is 309 g/mol. The molecule has 0 saturated heterocycles. The van der Waals surface area contributed by atoms with Gasteiger partial charge in [0, 0.05) is 11.3 Å². The third kappa shape index (κ3) is 2.52. The van der Waals surface area contributed by atoms with Crippen molar-refractivity contribution in [2.24, 2.45) is 11.0 Å². The molecule has 0 radical (unpaired) electrons. The highest BCUT2D eigenvalue weighted by Gasteiger charge is 2.68. The maximum absolute atomic E-state index is 13.7. The van der Waals surface area contributed by atoms with Gasteiger partial charge in [-0.1, -0.05) is 31.0 Å². The number of carbonyl (C=O) groups is 1. The average molecular weight is 326 g/mol. The van der Waals surface area contributed by atoms with Crippen molar-refractivity contribution in [2.45, 2.75) is 44.0 Å². The lowest BCUT2D eigenvalue weighted by molar-refractivity contribution is -0.312. The number of hydrogen-bond acceptors (Lipinski definition) is 3. The lowest BCUT2D eigenvalue weighted by atomic mass is 9.87. The van der Waals surface area contributed by atoms with Crippen LogP contribution in [-0.2, 0) is 0 Å². The SMILES string of the molecule is O=C(c1ccccc1)N1N=C2CCCCC[C@@H]2[C@]1(O)C(F)(F)F. The van der Waals surface area contributed by atoms with E-state index in [1.807, 2.05) is 0 Å². The van der Waals surface area contributed by atoms with E-state index in [2.05, 4.69) is 5.10 Å². The van der Waals surface area contributed by atoms with Gasteiger partial charge in [-0.25, -0.2) is 0 Å². The molecule has 0 spiro atoms. The van der Waals surface area contributed by atoms with Crippen molar-refractivity contribution in [3.05, 3.63) is 35.9 Å². The number of carbonyl (C=O) groups excluding carboxylic acids is 1. The molecule has 1 amide bonds. The predicted octanol–water partition coefficient (Wildman–Crippen LogP) is 3.33. The first kappa shape index (κ1) is 16.0. The molecule has 124 valence electrons. The highest BCUT2D eigenvalue weighted by atomic mass is 19.4. The largest absolute Gasteiger partial charge is 0.439 e. The standard InChI is InChI=1S/C16H17F3N2O2/c17-16(18,19)15(23)12-9-5-2-6-10-13(12)20-21(15)14(22)11-7-3-1-4-8-11/h1,3-4,7-8,12,23H,2,5-6,9-10H2/t12-,15-/m0/s1. The molecule has 1 heterocycles. The zero-order chi connectivity index (χ0) is 16.7. The van der Waals surface area contributed by atoms with Crippen molar-refractivity contribution in [3.8, 4) is 0 Å². The highest BCUT2D eigenvalue weighted by molar-refractivity contribution is 5.99. The van der Waals surface area contributed by atoms with E-state index >= 15 is 0 Å². The molecule has 1 aromatic carbocycles. The van der Waals surface area contributed by atoms with Crippen LogP contribution in [0, 0.1) is 5.92 Å². The summed E-state index contributed by atoms with van der Waals surface area (Å²) in [4.78, 5) is 12.5. The number of benzene rings is 1. The second-order valence-electron chi connectivity index (χ2n) is 5.95. The van der Waals surface area contributed by atoms with Gasteiger partial charge in [-0.15, -0.1) is 0 Å². The number of halogens is 3. The quantitative estimate of drug-likeness (QED) is 0.860. The van der Waals surface area contributed by atoms with Crippen LogP contribution in [0.5, 0.6) is 0 Å². The molecule has 1 aromatic rings. The van der Waals surface area contributed by atoms with Crippen LogP contribution >= 0.6 is 0 Å². The first-order valence-electron chi connectivity index (χ1n) is 7.62. The molecule has 1 aliphatic carbocycles. The van der Waals surface area contributed by atoms with Crippen molar-refractivity contribution < 1.29 is 23.1 Å². The average Bonchev–Trinajstić information content (AvgIpc) is 2.68. The molecule has 1 saturated carbocycles. The van der Waals surface area contributed by atoms with Crippen molar-refractivity contribution in [3.63, 3.8) is 0 Å². The fourth-order valence-electron chi connectivity index (χ4n) is 3.30. The molecule has 1 fully saturated rings. The Morgan fingerprint density at radius 3 is 2.57 bits per heavy atom. The van der Waals surface area contributed by atoms with Gasteiger partial charge in [0.2, 0.25) is 0 Å². The summed E-state index contributed by atoms with van der Waals surface area (Å²) in [6.45, 7) is 0. The molecule has 23 heavy (non-hydrogen) atoms. The second kappa shape index (κ2) is 5.63. The summed E-state index contributed by atoms with van der Waals surface area (Å²) in [6.07, 6.45) is -2.32. The number of amides is 1. The third-order valence-corrected chi connectivity index (χ3v) is 4.50. The smallest absolute Gasteiger partial charge is 0.362 e. The molecular formula is C16H17F3N2O2. The highest BCUT2D eigenvalue weighted by Crippen LogP contribution is 2.47. The van der Waals surface area contributed by atoms with E-state index in [1.165, 1.54) is 12.1 Å². The number of aliphatic hydroxyl groups is 1. The molecule has 1 aliphatic heterocycles. The minimum absolute atomic E-state index is 0.0657. The Hall–Kier alpha value is -1.89. The van der Waals surface area contributed by atoms with Crippen LogP contribution in [0.15, 0.2) is 35.4 Å². The molecule has 0 unspecified atom stereocenters. The molecule has 3 rings (SSSR count). The number of alkyl halides is 3. The van der Waals surface area contributed by atoms with E-state index in [0.29, 0.717) is 12.8 Å². The van der Waals surface area contributed by atoms with Crippen LogP contribution in [0.1, 0.15) is 42.5 Å². The summed E-state index contributed by atoms with van der Waals surface area (Å²) in [5.74, 6) is -2.12. The van der Waals surface area contributed by atoms with Crippen LogP contribution in [-0.4, -0.2) is 33.6 Å². The zero-order valence-electron chi connectivity index (χ0n) is 12.4. The molecule has 4 nitrogen and oxygen atoms in total. The maximum atomic E-state index is 13.7. The Balaban J connectivity index is 2.04. The summed E-state index contributed by atoms with van der Waals surface area (Å²) < 4.78 is 41.0. The van der Waals surface area contributed by atoms with E-state index in [9.17, 15) is 23.1 Å². The van der Waals surface area contributed by atoms with E-state index in [0.717, 1.165) is 12.8 Å². The van der Waals surface area contributed by atoms with Gasteiger partial charge >= 0.3 is 6.18 Å². The van der Waals surface area contributed by atoms with Gasteiger partial charge in [0.05, 0.1) is 5.92 Å². The Bertz CT molecular complexity index is 630. The van der Waals surface area contributed by atoms with Crippen molar-refractivity contribution >= 4 is 11.6 Å². The Morgan fingerprint density at radius 1 is 1.22 bits per heavy atom. The van der Waals surface area contributed by atoms with Gasteiger partial charge < -0.3 is 5.11 Å². The topological polar surface area (TPSA) is 52.9 Å². The molecule has 2 aliphatic rings. The molecule has 0 bridgehead atoms. The maximum Gasteiger partial charge on any atom is 0.439 e. The predicted molar refractivity (Wildman–Crippen MR) is 77.6 cm³/mol. The number of hydrazone groups is 1. The normalized spacial score (nSPS) is 28.1. The zero-order valence-corrected chi connectivity index (χ0v) is 12.4. The van der Waals surface area contributed by atoms with E-state index < -0.39 is 23.7 Å². The summed E-state index contributed by atoms with van der Waals surface area (Å²) in [6, 6.07) is 7.59. The van der Waals surface area contributed by atoms with Crippen LogP contribution in [0.4, 0.5) is 13.2 Å². The van der Waals surface area contributed by atoms with Gasteiger partial charge in [0.25, 0.3) is 11.6 Å². The van der Waals surface area contributed by atoms with Crippen LogP contribution in [0.2, 0.25) is 0 Å². The monoisotopic (exact) mass is 326 g/mol. The summed E-state index contributed by atoms with van der Waals surface area (Å²) >= 11 is 0. The summed E-state index contributed by atoms with van der Waals surface area (Å²) in [5, 5.41) is 14.6. The van der Waals surface area contributed by atoms with Gasteiger partial charge in [-0.05, 0) is 31.4 Å². The Labute approximate surface area is 131 Å². The second-order valence-corrected chi connectivity index (χ2v) is 5.95. The molecule has 0 aromatic heterocycles. The van der Waals surface area contributed by atoms with Crippen LogP contribution in [0.25, 0.3) is 0 Å². The fraction of sp³-hybridized carbons (Fsp3) is 0.500. The Kier molecular flexibility index (Phi) is 3.91. The van der Waals surface area contributed by atoms with Crippen LogP contribution in [0.3, 0.4) is 0 Å². The fourth-order valence-corrected chi connectivity index (χ4v) is 3.30. The number of hydrogen-bond donors (Lipinski definition) is 1. The summed E-state index contributed by atoms with van der Waals surface area (Å²) in [7, 11) is 0. The lowest BCUT2D eigenvalue weighted by Crippen LogP contribution is -2.61. The lowest BCUT2D eigenvalue weighted by Gasteiger charge is -2.37. The van der Waals surface area contributed by atoms with Crippen LogP contribution < -0.4 is 0 Å². The third-order valence-electron chi connectivity index (χ3n) is 4.50. The van der Waals surface area contributed by atoms with Gasteiger partial charge in [0.1, 0.15) is 0 Å². The number of nitrogens with zero attached hydrogens (tertiary/aromatic N) is 2.